The maximum atomic E-state index is 12.9. The molecule has 3 rings (SSSR count). The lowest BCUT2D eigenvalue weighted by Crippen LogP contribution is -2.19. The average molecular weight is 432 g/mol. The number of amides is 2. The number of anilines is 2. The molecule has 162 valence electrons. The van der Waals surface area contributed by atoms with Crippen molar-refractivity contribution < 1.29 is 29.0 Å². The maximum absolute atomic E-state index is 12.9. The molecule has 8 nitrogen and oxygen atoms in total. The van der Waals surface area contributed by atoms with Crippen LogP contribution in [0.2, 0.25) is 0 Å². The summed E-state index contributed by atoms with van der Waals surface area (Å²) in [4.78, 5) is 47.9. The van der Waals surface area contributed by atoms with Crippen LogP contribution in [0.25, 0.3) is 0 Å². The number of carboxylic acid groups (broad SMARTS) is 1. The number of esters is 1. The van der Waals surface area contributed by atoms with E-state index >= 15 is 0 Å². The summed E-state index contributed by atoms with van der Waals surface area (Å²) < 4.78 is 4.95. The molecule has 3 aromatic rings. The zero-order valence-corrected chi connectivity index (χ0v) is 17.3. The number of benzene rings is 3. The first-order chi connectivity index (χ1) is 15.3. The van der Waals surface area contributed by atoms with Crippen LogP contribution in [-0.2, 0) is 4.79 Å². The highest BCUT2D eigenvalue weighted by atomic mass is 16.5. The van der Waals surface area contributed by atoms with Crippen LogP contribution in [0.4, 0.5) is 11.4 Å². The maximum Gasteiger partial charge on any atom is 0.336 e. The molecule has 0 aliphatic heterocycles. The Morgan fingerprint density at radius 1 is 0.750 bits per heavy atom. The van der Waals surface area contributed by atoms with Gasteiger partial charge in [-0.05, 0) is 61.0 Å². The van der Waals surface area contributed by atoms with Crippen molar-refractivity contribution in [2.75, 3.05) is 10.6 Å². The molecule has 0 saturated carbocycles. The van der Waals surface area contributed by atoms with E-state index in [0.717, 1.165) is 0 Å². The van der Waals surface area contributed by atoms with E-state index in [-0.39, 0.29) is 16.8 Å². The molecule has 3 aromatic carbocycles. The Kier molecular flexibility index (Phi) is 6.65. The van der Waals surface area contributed by atoms with E-state index in [1.54, 1.807) is 43.3 Å². The molecule has 0 aliphatic rings. The van der Waals surface area contributed by atoms with Crippen molar-refractivity contribution in [3.05, 3.63) is 89.0 Å². The summed E-state index contributed by atoms with van der Waals surface area (Å²) in [5, 5.41) is 14.7. The monoisotopic (exact) mass is 432 g/mol. The zero-order chi connectivity index (χ0) is 23.3. The number of hydrogen-bond acceptors (Lipinski definition) is 5. The van der Waals surface area contributed by atoms with Gasteiger partial charge in [0, 0.05) is 18.2 Å². The Bertz CT molecular complexity index is 1200. The summed E-state index contributed by atoms with van der Waals surface area (Å²) >= 11 is 0. The molecule has 0 unspecified atom stereocenters. The number of hydrogen-bond donors (Lipinski definition) is 3. The van der Waals surface area contributed by atoms with Crippen LogP contribution in [0.15, 0.2) is 66.7 Å². The molecule has 32 heavy (non-hydrogen) atoms. The zero-order valence-electron chi connectivity index (χ0n) is 17.3. The van der Waals surface area contributed by atoms with Crippen molar-refractivity contribution in [2.45, 2.75) is 13.8 Å². The van der Waals surface area contributed by atoms with Crippen LogP contribution < -0.4 is 15.4 Å². The molecule has 0 aliphatic carbocycles. The molecule has 8 heteroatoms. The van der Waals surface area contributed by atoms with Gasteiger partial charge in [0.25, 0.3) is 11.8 Å². The van der Waals surface area contributed by atoms with Crippen molar-refractivity contribution in [1.29, 1.82) is 0 Å². The van der Waals surface area contributed by atoms with Crippen molar-refractivity contribution in [1.82, 2.24) is 0 Å². The van der Waals surface area contributed by atoms with Crippen LogP contribution >= 0.6 is 0 Å². The molecule has 0 fully saturated rings. The Morgan fingerprint density at radius 2 is 1.34 bits per heavy atom. The number of aromatic carboxylic acids is 1. The van der Waals surface area contributed by atoms with E-state index in [4.69, 9.17) is 4.74 Å². The fraction of sp³-hybridized carbons (Fsp3) is 0.0833. The van der Waals surface area contributed by atoms with E-state index < -0.39 is 23.8 Å². The summed E-state index contributed by atoms with van der Waals surface area (Å²) in [6.07, 6.45) is 0. The predicted octanol–water partition coefficient (Wildman–Crippen LogP) is 4.12. The van der Waals surface area contributed by atoms with Crippen molar-refractivity contribution >= 4 is 35.1 Å². The van der Waals surface area contributed by atoms with Gasteiger partial charge in [-0.15, -0.1) is 0 Å². The third-order valence-corrected chi connectivity index (χ3v) is 4.61. The van der Waals surface area contributed by atoms with Crippen LogP contribution in [0, 0.1) is 6.92 Å². The second-order valence-electron chi connectivity index (χ2n) is 6.86. The molecule has 0 radical (unpaired) electrons. The second-order valence-corrected chi connectivity index (χ2v) is 6.86. The van der Waals surface area contributed by atoms with Gasteiger partial charge in [0.05, 0.1) is 16.8 Å². The Balaban J connectivity index is 1.79. The number of ether oxygens (including phenoxy) is 1. The van der Waals surface area contributed by atoms with Gasteiger partial charge in [0.15, 0.2) is 0 Å². The van der Waals surface area contributed by atoms with Crippen LogP contribution in [0.3, 0.4) is 0 Å². The third-order valence-electron chi connectivity index (χ3n) is 4.61. The van der Waals surface area contributed by atoms with E-state index in [9.17, 15) is 24.3 Å². The summed E-state index contributed by atoms with van der Waals surface area (Å²) in [5.41, 5.74) is 1.66. The quantitative estimate of drug-likeness (QED) is 0.398. The highest BCUT2D eigenvalue weighted by Gasteiger charge is 2.17. The second kappa shape index (κ2) is 9.57. The van der Waals surface area contributed by atoms with Crippen molar-refractivity contribution in [2.24, 2.45) is 0 Å². The van der Waals surface area contributed by atoms with E-state index in [1.165, 1.54) is 37.3 Å². The van der Waals surface area contributed by atoms with E-state index in [0.29, 0.717) is 22.6 Å². The predicted molar refractivity (Wildman–Crippen MR) is 118 cm³/mol. The first-order valence-corrected chi connectivity index (χ1v) is 9.59. The lowest BCUT2D eigenvalue weighted by Gasteiger charge is -2.14. The van der Waals surface area contributed by atoms with Crippen LogP contribution in [0.1, 0.15) is 43.6 Å². The smallest absolute Gasteiger partial charge is 0.336 e. The Labute approximate surface area is 183 Å². The highest BCUT2D eigenvalue weighted by Crippen LogP contribution is 2.23. The number of nitrogens with one attached hydrogen (secondary N) is 2. The Morgan fingerprint density at radius 3 is 2.00 bits per heavy atom. The summed E-state index contributed by atoms with van der Waals surface area (Å²) in [6, 6.07) is 17.0. The van der Waals surface area contributed by atoms with Crippen molar-refractivity contribution in [3.8, 4) is 5.75 Å². The molecular weight excluding hydrogens is 412 g/mol. The molecule has 0 heterocycles. The molecular formula is C24H20N2O6. The number of rotatable bonds is 6. The topological polar surface area (TPSA) is 122 Å². The van der Waals surface area contributed by atoms with Gasteiger partial charge in [0.1, 0.15) is 5.75 Å². The average Bonchev–Trinajstić information content (AvgIpc) is 2.75. The first-order valence-electron chi connectivity index (χ1n) is 9.59. The minimum Gasteiger partial charge on any atom is -0.478 e. The Hall–Kier alpha value is -4.46. The largest absolute Gasteiger partial charge is 0.478 e. The molecule has 0 saturated heterocycles. The fourth-order valence-electron chi connectivity index (χ4n) is 3.02. The molecule has 3 N–H and O–H groups in total. The van der Waals surface area contributed by atoms with Crippen molar-refractivity contribution in [3.63, 3.8) is 0 Å². The standard InChI is InChI=1S/C24H20N2O6/c1-14-18(24(30)31)7-5-9-20(14)25-23(29)19-6-3-4-8-21(19)26-22(28)16-10-12-17(13-11-16)32-15(2)27/h3-13H,1-2H3,(H,25,29)(H,26,28)(H,30,31). The third kappa shape index (κ3) is 5.17. The normalized spacial score (nSPS) is 10.2. The van der Waals surface area contributed by atoms with E-state index in [2.05, 4.69) is 10.6 Å². The van der Waals surface area contributed by atoms with Gasteiger partial charge in [-0.25, -0.2) is 4.79 Å². The van der Waals surface area contributed by atoms with E-state index in [1.807, 2.05) is 0 Å². The molecule has 2 amide bonds. The van der Waals surface area contributed by atoms with Gasteiger partial charge in [-0.1, -0.05) is 18.2 Å². The lowest BCUT2D eigenvalue weighted by atomic mass is 10.1. The lowest BCUT2D eigenvalue weighted by molar-refractivity contribution is -0.131. The summed E-state index contributed by atoms with van der Waals surface area (Å²) in [7, 11) is 0. The SMILES string of the molecule is CC(=O)Oc1ccc(C(=O)Nc2ccccc2C(=O)Nc2cccc(C(=O)O)c2C)cc1. The van der Waals surface area contributed by atoms with Gasteiger partial charge >= 0.3 is 11.9 Å². The highest BCUT2D eigenvalue weighted by molar-refractivity contribution is 6.13. The number of para-hydroxylation sites is 1. The summed E-state index contributed by atoms with van der Waals surface area (Å²) in [6.45, 7) is 2.88. The van der Waals surface area contributed by atoms with Gasteiger partial charge < -0.3 is 20.5 Å². The minimum atomic E-state index is -1.09. The fourth-order valence-corrected chi connectivity index (χ4v) is 3.02. The molecule has 0 bridgehead atoms. The molecule has 0 aromatic heterocycles. The minimum absolute atomic E-state index is 0.0848. The first kappa shape index (κ1) is 22.2. The van der Waals surface area contributed by atoms with Crippen LogP contribution in [0.5, 0.6) is 5.75 Å². The molecule has 0 atom stereocenters. The van der Waals surface area contributed by atoms with Crippen LogP contribution in [-0.4, -0.2) is 28.9 Å². The summed E-state index contributed by atoms with van der Waals surface area (Å²) in [5.74, 6) is -2.20. The van der Waals surface area contributed by atoms with Gasteiger partial charge in [0.2, 0.25) is 0 Å². The number of carbonyl (C=O) groups excluding carboxylic acids is 3. The number of carbonyl (C=O) groups is 4. The van der Waals surface area contributed by atoms with Gasteiger partial charge in [-0.2, -0.15) is 0 Å². The number of carboxylic acids is 1. The van der Waals surface area contributed by atoms with Gasteiger partial charge in [-0.3, -0.25) is 14.4 Å². The molecule has 0 spiro atoms.